The van der Waals surface area contributed by atoms with Gasteiger partial charge in [0, 0.05) is 43.2 Å². The summed E-state index contributed by atoms with van der Waals surface area (Å²) in [6.45, 7) is 5.26. The molecule has 7 nitrogen and oxygen atoms in total. The molecule has 1 atom stereocenters. The number of rotatable bonds is 3. The molecule has 4 rings (SSSR count). The van der Waals surface area contributed by atoms with Crippen LogP contribution in [0.4, 0.5) is 0 Å². The first-order chi connectivity index (χ1) is 11.8. The van der Waals surface area contributed by atoms with E-state index in [9.17, 15) is 4.79 Å². The average Bonchev–Trinajstić information content (AvgIpc) is 3.10. The van der Waals surface area contributed by atoms with Crippen LogP contribution in [0.3, 0.4) is 0 Å². The van der Waals surface area contributed by atoms with Crippen LogP contribution in [-0.4, -0.2) is 76.8 Å². The average molecular weight is 329 g/mol. The van der Waals surface area contributed by atoms with Crippen molar-refractivity contribution in [2.45, 2.75) is 18.8 Å². The van der Waals surface area contributed by atoms with E-state index in [1.807, 2.05) is 4.90 Å². The molecule has 7 heteroatoms. The molecule has 0 radical (unpaired) electrons. The Morgan fingerprint density at radius 3 is 3.04 bits per heavy atom. The largest absolute Gasteiger partial charge is 0.379 e. The van der Waals surface area contributed by atoms with Crippen molar-refractivity contribution in [3.63, 3.8) is 0 Å². The van der Waals surface area contributed by atoms with Crippen LogP contribution in [0.15, 0.2) is 18.3 Å². The van der Waals surface area contributed by atoms with Crippen molar-refractivity contribution in [2.75, 3.05) is 45.9 Å². The number of aromatic nitrogens is 3. The fraction of sp³-hybridized carbons (Fsp3) is 0.588. The molecule has 2 fully saturated rings. The van der Waals surface area contributed by atoms with E-state index in [0.29, 0.717) is 12.5 Å². The van der Waals surface area contributed by atoms with Crippen LogP contribution in [-0.2, 0) is 9.53 Å². The SMILES string of the molecule is O=C(CN1CCOCC1)N1CCC[C@@H](c2ccc3cn[nH]c3n2)C1. The lowest BCUT2D eigenvalue weighted by Crippen LogP contribution is -2.47. The Kier molecular flexibility index (Phi) is 4.44. The maximum absolute atomic E-state index is 12.6. The number of morpholine rings is 1. The van der Waals surface area contributed by atoms with Crippen molar-refractivity contribution >= 4 is 16.9 Å². The molecule has 0 bridgehead atoms. The molecular weight excluding hydrogens is 306 g/mol. The number of nitrogens with one attached hydrogen (secondary N) is 1. The number of hydrogen-bond acceptors (Lipinski definition) is 5. The highest BCUT2D eigenvalue weighted by Crippen LogP contribution is 2.26. The molecule has 0 spiro atoms. The molecule has 0 unspecified atom stereocenters. The Hall–Kier alpha value is -1.99. The molecule has 0 aliphatic carbocycles. The van der Waals surface area contributed by atoms with Gasteiger partial charge < -0.3 is 9.64 Å². The minimum atomic E-state index is 0.226. The van der Waals surface area contributed by atoms with Crippen molar-refractivity contribution in [1.82, 2.24) is 25.0 Å². The number of pyridine rings is 1. The highest BCUT2D eigenvalue weighted by molar-refractivity contribution is 5.78. The molecule has 1 amide bonds. The minimum Gasteiger partial charge on any atom is -0.379 e. The van der Waals surface area contributed by atoms with Crippen LogP contribution in [0.2, 0.25) is 0 Å². The molecule has 24 heavy (non-hydrogen) atoms. The number of piperidine rings is 1. The monoisotopic (exact) mass is 329 g/mol. The van der Waals surface area contributed by atoms with E-state index in [1.54, 1.807) is 6.20 Å². The number of amides is 1. The highest BCUT2D eigenvalue weighted by Gasteiger charge is 2.27. The first-order valence-electron chi connectivity index (χ1n) is 8.67. The van der Waals surface area contributed by atoms with Crippen molar-refractivity contribution in [3.05, 3.63) is 24.0 Å². The van der Waals surface area contributed by atoms with Gasteiger partial charge in [0.25, 0.3) is 0 Å². The normalized spacial score (nSPS) is 22.8. The third kappa shape index (κ3) is 3.27. The van der Waals surface area contributed by atoms with Crippen LogP contribution in [0, 0.1) is 0 Å². The fourth-order valence-electron chi connectivity index (χ4n) is 3.56. The number of fused-ring (bicyclic) bond motifs is 1. The number of likely N-dealkylation sites (tertiary alicyclic amines) is 1. The predicted octanol–water partition coefficient (Wildman–Crippen LogP) is 0.996. The van der Waals surface area contributed by atoms with Crippen LogP contribution in [0.25, 0.3) is 11.0 Å². The molecular formula is C17H23N5O2. The summed E-state index contributed by atoms with van der Waals surface area (Å²) in [6.07, 6.45) is 3.89. The van der Waals surface area contributed by atoms with Gasteiger partial charge in [0.05, 0.1) is 26.0 Å². The summed E-state index contributed by atoms with van der Waals surface area (Å²) < 4.78 is 5.35. The highest BCUT2D eigenvalue weighted by atomic mass is 16.5. The van der Waals surface area contributed by atoms with E-state index in [1.165, 1.54) is 0 Å². The standard InChI is InChI=1S/C17H23N5O2/c23-16(12-21-6-8-24-9-7-21)22-5-1-2-14(11-22)15-4-3-13-10-18-20-17(13)19-15/h3-4,10,14H,1-2,5-9,11-12H2,(H,18,19,20)/t14-/m1/s1. The Morgan fingerprint density at radius 2 is 2.17 bits per heavy atom. The molecule has 2 aliphatic rings. The van der Waals surface area contributed by atoms with Gasteiger partial charge in [-0.15, -0.1) is 0 Å². The summed E-state index contributed by atoms with van der Waals surface area (Å²) in [5.74, 6) is 0.532. The summed E-state index contributed by atoms with van der Waals surface area (Å²) in [5.41, 5.74) is 1.87. The van der Waals surface area contributed by atoms with E-state index >= 15 is 0 Å². The molecule has 4 heterocycles. The Bertz CT molecular complexity index is 710. The number of nitrogens with zero attached hydrogens (tertiary/aromatic N) is 4. The number of ether oxygens (including phenoxy) is 1. The van der Waals surface area contributed by atoms with Gasteiger partial charge in [0.15, 0.2) is 5.65 Å². The predicted molar refractivity (Wildman–Crippen MR) is 89.7 cm³/mol. The van der Waals surface area contributed by atoms with Crippen molar-refractivity contribution in [1.29, 1.82) is 0 Å². The zero-order valence-corrected chi connectivity index (χ0v) is 13.8. The van der Waals surface area contributed by atoms with E-state index in [-0.39, 0.29) is 5.91 Å². The van der Waals surface area contributed by atoms with Gasteiger partial charge in [-0.3, -0.25) is 14.8 Å². The second-order valence-corrected chi connectivity index (χ2v) is 6.61. The number of H-pyrrole nitrogens is 1. The molecule has 2 aromatic rings. The van der Waals surface area contributed by atoms with Gasteiger partial charge in [0.2, 0.25) is 5.91 Å². The molecule has 0 aromatic carbocycles. The molecule has 128 valence electrons. The molecule has 2 saturated heterocycles. The van der Waals surface area contributed by atoms with E-state index < -0.39 is 0 Å². The second kappa shape index (κ2) is 6.86. The van der Waals surface area contributed by atoms with E-state index in [2.05, 4.69) is 32.2 Å². The van der Waals surface area contributed by atoms with E-state index in [0.717, 1.165) is 69.0 Å². The Labute approximate surface area is 141 Å². The summed E-state index contributed by atoms with van der Waals surface area (Å²) in [7, 11) is 0. The summed E-state index contributed by atoms with van der Waals surface area (Å²) >= 11 is 0. The smallest absolute Gasteiger partial charge is 0.236 e. The lowest BCUT2D eigenvalue weighted by atomic mass is 9.94. The van der Waals surface area contributed by atoms with Crippen molar-refractivity contribution < 1.29 is 9.53 Å². The van der Waals surface area contributed by atoms with Crippen molar-refractivity contribution in [2.24, 2.45) is 0 Å². The number of aromatic amines is 1. The Morgan fingerprint density at radius 1 is 1.29 bits per heavy atom. The number of hydrogen-bond donors (Lipinski definition) is 1. The first kappa shape index (κ1) is 15.5. The van der Waals surface area contributed by atoms with Crippen molar-refractivity contribution in [3.8, 4) is 0 Å². The summed E-state index contributed by atoms with van der Waals surface area (Å²) in [5, 5.41) is 7.98. The zero-order valence-electron chi connectivity index (χ0n) is 13.8. The zero-order chi connectivity index (χ0) is 16.4. The minimum absolute atomic E-state index is 0.226. The van der Waals surface area contributed by atoms with E-state index in [4.69, 9.17) is 4.74 Å². The van der Waals surface area contributed by atoms with Crippen LogP contribution in [0.1, 0.15) is 24.5 Å². The molecule has 2 aliphatic heterocycles. The second-order valence-electron chi connectivity index (χ2n) is 6.61. The summed E-state index contributed by atoms with van der Waals surface area (Å²) in [6, 6.07) is 4.12. The van der Waals surface area contributed by atoms with Gasteiger partial charge in [-0.2, -0.15) is 5.10 Å². The maximum Gasteiger partial charge on any atom is 0.236 e. The van der Waals surface area contributed by atoms with Crippen LogP contribution < -0.4 is 0 Å². The van der Waals surface area contributed by atoms with Gasteiger partial charge >= 0.3 is 0 Å². The molecule has 0 saturated carbocycles. The fourth-order valence-corrected chi connectivity index (χ4v) is 3.56. The Balaban J connectivity index is 1.41. The van der Waals surface area contributed by atoms with Gasteiger partial charge in [0.1, 0.15) is 0 Å². The maximum atomic E-state index is 12.6. The molecule has 1 N–H and O–H groups in total. The first-order valence-corrected chi connectivity index (χ1v) is 8.67. The van der Waals surface area contributed by atoms with Gasteiger partial charge in [-0.1, -0.05) is 0 Å². The van der Waals surface area contributed by atoms with Crippen LogP contribution in [0.5, 0.6) is 0 Å². The van der Waals surface area contributed by atoms with Gasteiger partial charge in [-0.05, 0) is 25.0 Å². The van der Waals surface area contributed by atoms with Crippen LogP contribution >= 0.6 is 0 Å². The number of carbonyl (C=O) groups excluding carboxylic acids is 1. The third-order valence-electron chi connectivity index (χ3n) is 4.98. The number of carbonyl (C=O) groups is 1. The summed E-state index contributed by atoms with van der Waals surface area (Å²) in [4.78, 5) is 21.5. The lowest BCUT2D eigenvalue weighted by molar-refractivity contribution is -0.134. The molecule has 2 aromatic heterocycles. The quantitative estimate of drug-likeness (QED) is 0.909. The third-order valence-corrected chi connectivity index (χ3v) is 4.98. The van der Waals surface area contributed by atoms with Gasteiger partial charge in [-0.25, -0.2) is 4.98 Å². The topological polar surface area (TPSA) is 74.3 Å². The lowest BCUT2D eigenvalue weighted by Gasteiger charge is -2.34.